The number of methoxy groups -OCH3 is 4. The predicted octanol–water partition coefficient (Wildman–Crippen LogP) is 13.1. The fraction of sp³-hybridized carbons (Fsp3) is 0.108. The van der Waals surface area contributed by atoms with Crippen molar-refractivity contribution >= 4 is 69.6 Å². The molecule has 42 nitrogen and oxygen atoms in total. The number of nitrogens with one attached hydrogen (secondary N) is 12. The lowest BCUT2D eigenvalue weighted by Gasteiger charge is -2.09. The molecule has 18 aromatic rings. The molecule has 0 bridgehead atoms. The SMILES string of the molecule is CC(C)CCOc1ccc(NC(=O)c2ccc(-[n+]3nnn[nH]3)cc2)cc1.COc1ccc(NC(=O)c2ccc(-c3nn[nH]n3)cc2)cc1.COc1ccc(NC(=O)c2ccc(-c3nn[nH]n3)cc2)cc1.COc1ccc(NC(=O)c2ccc(-c3nn[nH]n3)cc2)cc1.COc1ccc(NC(=O)c2ccc(-c3nn[nH]n3)cc2)cc1.Cc1ccc(NC(=O)c2ccc(-c3nn[nH]n3)cc2)cc1. The van der Waals surface area contributed by atoms with Crippen LogP contribution in [0.4, 0.5) is 34.1 Å². The highest BCUT2D eigenvalue weighted by Crippen LogP contribution is 2.26. The number of rotatable bonds is 26. The van der Waals surface area contributed by atoms with Crippen molar-refractivity contribution in [1.29, 1.82) is 0 Å². The fourth-order valence-corrected chi connectivity index (χ4v) is 11.9. The minimum atomic E-state index is -0.190. The predicted molar refractivity (Wildman–Crippen MR) is 496 cm³/mol. The van der Waals surface area contributed by atoms with Crippen LogP contribution >= 0.6 is 0 Å². The zero-order chi connectivity index (χ0) is 94.5. The number of tetrazole rings is 5. The van der Waals surface area contributed by atoms with Gasteiger partial charge in [-0.25, -0.2) is 0 Å². The maximum absolute atomic E-state index is 12.3. The number of amides is 6. The lowest BCUT2D eigenvalue weighted by atomic mass is 10.1. The van der Waals surface area contributed by atoms with Gasteiger partial charge in [0, 0.05) is 95.3 Å². The number of aromatic amines is 6. The average Bonchev–Trinajstić information content (AvgIpc) is 1.59. The summed E-state index contributed by atoms with van der Waals surface area (Å²) >= 11 is 0. The van der Waals surface area contributed by atoms with Crippen molar-refractivity contribution in [3.8, 4) is 91.4 Å². The fourth-order valence-electron chi connectivity index (χ4n) is 11.9. The summed E-state index contributed by atoms with van der Waals surface area (Å²) < 4.78 is 26.0. The molecule has 6 aromatic heterocycles. The Morgan fingerprint density at radius 2 is 0.511 bits per heavy atom. The maximum Gasteiger partial charge on any atom is 0.255 e. The summed E-state index contributed by atoms with van der Waals surface area (Å²) in [5, 5.41) is 98.7. The van der Waals surface area contributed by atoms with E-state index in [0.717, 1.165) is 79.9 Å². The summed E-state index contributed by atoms with van der Waals surface area (Å²) in [6.07, 6.45) is 1.01. The van der Waals surface area contributed by atoms with Gasteiger partial charge < -0.3 is 55.6 Å². The van der Waals surface area contributed by atoms with Crippen molar-refractivity contribution in [2.45, 2.75) is 27.2 Å². The van der Waals surface area contributed by atoms with Gasteiger partial charge in [-0.3, -0.25) is 28.8 Å². The van der Waals surface area contributed by atoms with Crippen LogP contribution in [0.15, 0.2) is 291 Å². The number of ether oxygens (including phenoxy) is 5. The van der Waals surface area contributed by atoms with Gasteiger partial charge in [-0.05, 0) is 274 Å². The first-order valence-corrected chi connectivity index (χ1v) is 41.1. The Labute approximate surface area is 768 Å². The van der Waals surface area contributed by atoms with E-state index < -0.39 is 0 Å². The van der Waals surface area contributed by atoms with E-state index >= 15 is 0 Å². The Bertz CT molecular complexity index is 6150. The van der Waals surface area contributed by atoms with E-state index in [1.807, 2.05) is 55.5 Å². The summed E-state index contributed by atoms with van der Waals surface area (Å²) in [5.74, 6) is 5.71. The zero-order valence-corrected chi connectivity index (χ0v) is 73.2. The summed E-state index contributed by atoms with van der Waals surface area (Å²) in [6, 6.07) is 85.4. The van der Waals surface area contributed by atoms with Crippen LogP contribution in [0.5, 0.6) is 28.7 Å². The molecule has 0 radical (unpaired) electrons. The Morgan fingerprint density at radius 1 is 0.289 bits per heavy atom. The van der Waals surface area contributed by atoms with Crippen LogP contribution in [0.1, 0.15) is 88.0 Å². The normalized spacial score (nSPS) is 10.3. The van der Waals surface area contributed by atoms with Crippen LogP contribution < -0.4 is 60.4 Å². The first-order chi connectivity index (χ1) is 65.9. The molecule has 0 aliphatic carbocycles. The lowest BCUT2D eigenvalue weighted by molar-refractivity contribution is -0.719. The van der Waals surface area contributed by atoms with Crippen LogP contribution in [0, 0.1) is 12.8 Å². The van der Waals surface area contributed by atoms with Crippen LogP contribution in [-0.2, 0) is 0 Å². The molecule has 0 atom stereocenters. The molecular weight excluding hydrogens is 1730 g/mol. The van der Waals surface area contributed by atoms with E-state index in [1.54, 1.807) is 271 Å². The van der Waals surface area contributed by atoms with Crippen molar-refractivity contribution in [3.05, 3.63) is 330 Å². The van der Waals surface area contributed by atoms with E-state index in [-0.39, 0.29) is 35.4 Å². The highest BCUT2D eigenvalue weighted by Gasteiger charge is 2.17. The Kier molecular flexibility index (Phi) is 32.9. The van der Waals surface area contributed by atoms with E-state index in [0.29, 0.717) is 103 Å². The standard InChI is InChI=1S/C18H20N6O2.4C15H13N5O2.C15H13N5O/c1-13(2)11-12-26-17-9-5-15(6-10-17)19-18(25)14-3-7-16(8-4-14)24-22-20-21-23-24;4*1-22-13-8-6-12(7-9-13)16-15(21)11-4-2-10(3-5-11)14-17-19-20-18-14;1-10-2-8-13(9-3-10)16-15(21)12-6-4-11(5-7-12)14-17-19-20-18-14/h3-10,13H,11-12H2,1-2H3,(H,19,25);4*2-9H,1H3,(H,16,21)(H,17,18,19,20);2-9H,1H3,(H,16,21)(H,17,18,19,20)/p+1. The van der Waals surface area contributed by atoms with Crippen molar-refractivity contribution < 1.29 is 57.2 Å². The highest BCUT2D eigenvalue weighted by atomic mass is 16.5. The molecule has 0 aliphatic heterocycles. The Hall–Kier alpha value is -19.2. The minimum Gasteiger partial charge on any atom is -0.497 e. The number of anilines is 6. The van der Waals surface area contributed by atoms with Gasteiger partial charge in [0.15, 0.2) is 5.69 Å². The van der Waals surface area contributed by atoms with Gasteiger partial charge in [-0.1, -0.05) is 92.2 Å². The summed E-state index contributed by atoms with van der Waals surface area (Å²) in [5.41, 5.74) is 13.4. The van der Waals surface area contributed by atoms with Gasteiger partial charge in [0.1, 0.15) is 34.0 Å². The van der Waals surface area contributed by atoms with E-state index in [4.69, 9.17) is 23.7 Å². The maximum atomic E-state index is 12.3. The third-order valence-electron chi connectivity index (χ3n) is 19.2. The molecule has 0 saturated carbocycles. The van der Waals surface area contributed by atoms with Crippen LogP contribution in [0.2, 0.25) is 0 Å². The average molecular weight is 1810 g/mol. The summed E-state index contributed by atoms with van der Waals surface area (Å²) in [7, 11) is 6.38. The molecule has 678 valence electrons. The molecule has 42 heteroatoms. The highest BCUT2D eigenvalue weighted by molar-refractivity contribution is 6.08. The number of benzene rings is 12. The van der Waals surface area contributed by atoms with E-state index in [2.05, 4.69) is 170 Å². The number of hydrogen-bond acceptors (Lipinski definition) is 29. The molecule has 0 unspecified atom stereocenters. The van der Waals surface area contributed by atoms with Crippen LogP contribution in [-0.4, -0.2) is 194 Å². The minimum absolute atomic E-state index is 0.154. The second-order valence-corrected chi connectivity index (χ2v) is 28.9. The second-order valence-electron chi connectivity index (χ2n) is 28.9. The number of nitrogens with zero attached hydrogens (tertiary/aromatic N) is 19. The van der Waals surface area contributed by atoms with Gasteiger partial charge in [-0.15, -0.1) is 51.0 Å². The van der Waals surface area contributed by atoms with Gasteiger partial charge in [0.25, 0.3) is 35.4 Å². The second kappa shape index (κ2) is 47.6. The topological polar surface area (TPSA) is 551 Å². The van der Waals surface area contributed by atoms with E-state index in [9.17, 15) is 28.8 Å². The quantitative estimate of drug-likeness (QED) is 0.0224. The summed E-state index contributed by atoms with van der Waals surface area (Å²) in [4.78, 5) is 74.6. The van der Waals surface area contributed by atoms with Crippen LogP contribution in [0.3, 0.4) is 0 Å². The third kappa shape index (κ3) is 27.9. The van der Waals surface area contributed by atoms with Gasteiger partial charge in [0.05, 0.1) is 35.0 Å². The van der Waals surface area contributed by atoms with Crippen molar-refractivity contribution in [3.63, 3.8) is 0 Å². The van der Waals surface area contributed by atoms with Crippen molar-refractivity contribution in [2.24, 2.45) is 5.92 Å². The van der Waals surface area contributed by atoms with E-state index in [1.165, 1.54) is 4.80 Å². The molecule has 6 heterocycles. The Morgan fingerprint density at radius 3 is 0.711 bits per heavy atom. The van der Waals surface area contributed by atoms with Gasteiger partial charge in [-0.2, -0.15) is 26.1 Å². The number of carbonyl (C=O) groups is 6. The Balaban J connectivity index is 0.000000137. The lowest BCUT2D eigenvalue weighted by Crippen LogP contribution is -2.36. The molecule has 6 amide bonds. The first kappa shape index (κ1) is 93.4. The van der Waals surface area contributed by atoms with Gasteiger partial charge in [0.2, 0.25) is 39.5 Å². The smallest absolute Gasteiger partial charge is 0.255 e. The molecule has 0 fully saturated rings. The molecule has 135 heavy (non-hydrogen) atoms. The number of hydrogen-bond donors (Lipinski definition) is 12. The van der Waals surface area contributed by atoms with Crippen molar-refractivity contribution in [2.75, 3.05) is 66.9 Å². The monoisotopic (exact) mass is 1810 g/mol. The third-order valence-corrected chi connectivity index (χ3v) is 19.2. The van der Waals surface area contributed by atoms with Crippen molar-refractivity contribution in [1.82, 2.24) is 124 Å². The number of carbonyl (C=O) groups excluding carboxylic acids is 6. The largest absolute Gasteiger partial charge is 0.497 e. The molecule has 0 spiro atoms. The summed E-state index contributed by atoms with van der Waals surface area (Å²) in [6.45, 7) is 7.02. The zero-order valence-electron chi connectivity index (χ0n) is 73.2. The molecule has 0 saturated heterocycles. The molecule has 0 aliphatic rings. The van der Waals surface area contributed by atoms with Gasteiger partial charge >= 0.3 is 0 Å². The molecular formula is C93H86N31O11+. The molecule has 18 rings (SSSR count). The van der Waals surface area contributed by atoms with Crippen LogP contribution in [0.25, 0.3) is 62.6 Å². The number of H-pyrrole nitrogens is 6. The first-order valence-electron chi connectivity index (χ1n) is 41.1. The number of aromatic nitrogens is 25. The molecule has 12 N–H and O–H groups in total. The number of aryl methyl sites for hydroxylation is 1. The molecule has 12 aromatic carbocycles.